The third-order valence-electron chi connectivity index (χ3n) is 1.53. The zero-order valence-corrected chi connectivity index (χ0v) is 5.12. The third kappa shape index (κ3) is 0.922. The maximum absolute atomic E-state index is 4.13. The molecule has 1 aromatic rings. The van der Waals surface area contributed by atoms with Gasteiger partial charge < -0.3 is 0 Å². The molecule has 2 heteroatoms. The molecular formula is C7H8N2. The van der Waals surface area contributed by atoms with Crippen molar-refractivity contribution in [2.24, 2.45) is 0 Å². The Bertz CT molecular complexity index is 191. The monoisotopic (exact) mass is 120 g/mol. The van der Waals surface area contributed by atoms with E-state index in [1.165, 1.54) is 12.8 Å². The molecule has 0 unspecified atom stereocenters. The fourth-order valence-electron chi connectivity index (χ4n) is 0.863. The summed E-state index contributed by atoms with van der Waals surface area (Å²) in [5.41, 5.74) is 0. The van der Waals surface area contributed by atoms with E-state index >= 15 is 0 Å². The van der Waals surface area contributed by atoms with Crippen LogP contribution in [0.4, 0.5) is 0 Å². The summed E-state index contributed by atoms with van der Waals surface area (Å²) < 4.78 is 0. The highest BCUT2D eigenvalue weighted by Crippen LogP contribution is 2.37. The Hall–Kier alpha value is -0.920. The first-order chi connectivity index (χ1) is 4.47. The maximum Gasteiger partial charge on any atom is 0.131 e. The average Bonchev–Trinajstić information content (AvgIpc) is 2.71. The van der Waals surface area contributed by atoms with Crippen LogP contribution in [-0.4, -0.2) is 9.97 Å². The van der Waals surface area contributed by atoms with Crippen LogP contribution in [0.3, 0.4) is 0 Å². The summed E-state index contributed by atoms with van der Waals surface area (Å²) >= 11 is 0. The molecule has 0 radical (unpaired) electrons. The van der Waals surface area contributed by atoms with Crippen LogP contribution in [0, 0.1) is 0 Å². The average molecular weight is 120 g/mol. The van der Waals surface area contributed by atoms with Gasteiger partial charge >= 0.3 is 0 Å². The first kappa shape index (κ1) is 4.91. The van der Waals surface area contributed by atoms with Crippen molar-refractivity contribution in [2.75, 3.05) is 0 Å². The van der Waals surface area contributed by atoms with Crippen molar-refractivity contribution in [2.45, 2.75) is 18.8 Å². The number of nitrogens with zero attached hydrogens (tertiary/aromatic N) is 2. The Morgan fingerprint density at radius 1 is 1.22 bits per heavy atom. The molecule has 0 atom stereocenters. The van der Waals surface area contributed by atoms with Gasteiger partial charge in [-0.25, -0.2) is 9.97 Å². The second kappa shape index (κ2) is 1.79. The van der Waals surface area contributed by atoms with Gasteiger partial charge in [-0.2, -0.15) is 0 Å². The van der Waals surface area contributed by atoms with Gasteiger partial charge in [0, 0.05) is 18.3 Å². The fourth-order valence-corrected chi connectivity index (χ4v) is 0.863. The van der Waals surface area contributed by atoms with E-state index in [1.54, 1.807) is 12.4 Å². The lowest BCUT2D eigenvalue weighted by atomic mass is 10.4. The smallest absolute Gasteiger partial charge is 0.131 e. The topological polar surface area (TPSA) is 25.8 Å². The van der Waals surface area contributed by atoms with Crippen LogP contribution in [-0.2, 0) is 0 Å². The van der Waals surface area contributed by atoms with Crippen molar-refractivity contribution < 1.29 is 0 Å². The van der Waals surface area contributed by atoms with Crippen LogP contribution in [0.2, 0.25) is 0 Å². The van der Waals surface area contributed by atoms with E-state index < -0.39 is 0 Å². The first-order valence-electron chi connectivity index (χ1n) is 3.24. The van der Waals surface area contributed by atoms with Crippen LogP contribution in [0.1, 0.15) is 24.6 Å². The maximum atomic E-state index is 4.13. The predicted molar refractivity (Wildman–Crippen MR) is 34.0 cm³/mol. The van der Waals surface area contributed by atoms with E-state index in [0.29, 0.717) is 5.92 Å². The van der Waals surface area contributed by atoms with E-state index in [2.05, 4.69) is 9.97 Å². The summed E-state index contributed by atoms with van der Waals surface area (Å²) in [7, 11) is 0. The summed E-state index contributed by atoms with van der Waals surface area (Å²) in [6.07, 6.45) is 6.18. The Morgan fingerprint density at radius 2 is 1.89 bits per heavy atom. The molecule has 0 saturated heterocycles. The van der Waals surface area contributed by atoms with E-state index in [1.807, 2.05) is 6.07 Å². The Balaban J connectivity index is 2.29. The highest BCUT2D eigenvalue weighted by atomic mass is 14.9. The molecule has 1 aromatic heterocycles. The van der Waals surface area contributed by atoms with Crippen molar-refractivity contribution in [1.29, 1.82) is 0 Å². The lowest BCUT2D eigenvalue weighted by molar-refractivity contribution is 0.927. The molecule has 0 aromatic carbocycles. The molecule has 0 N–H and O–H groups in total. The molecule has 0 aliphatic heterocycles. The van der Waals surface area contributed by atoms with Gasteiger partial charge in [0.15, 0.2) is 0 Å². The molecule has 0 spiro atoms. The predicted octanol–water partition coefficient (Wildman–Crippen LogP) is 1.35. The molecule has 1 saturated carbocycles. The molecule has 46 valence electrons. The summed E-state index contributed by atoms with van der Waals surface area (Å²) in [5, 5.41) is 0. The van der Waals surface area contributed by atoms with Gasteiger partial charge in [0.25, 0.3) is 0 Å². The minimum Gasteiger partial charge on any atom is -0.241 e. The lowest BCUT2D eigenvalue weighted by Crippen LogP contribution is -1.87. The number of rotatable bonds is 1. The Kier molecular flexibility index (Phi) is 0.979. The molecule has 1 fully saturated rings. The van der Waals surface area contributed by atoms with Gasteiger partial charge in [-0.05, 0) is 18.9 Å². The van der Waals surface area contributed by atoms with Crippen molar-refractivity contribution >= 4 is 0 Å². The van der Waals surface area contributed by atoms with E-state index in [4.69, 9.17) is 0 Å². The van der Waals surface area contributed by atoms with E-state index in [9.17, 15) is 0 Å². The van der Waals surface area contributed by atoms with E-state index in [-0.39, 0.29) is 0 Å². The van der Waals surface area contributed by atoms with Gasteiger partial charge in [0.05, 0.1) is 0 Å². The summed E-state index contributed by atoms with van der Waals surface area (Å²) in [6, 6.07) is 1.85. The van der Waals surface area contributed by atoms with Gasteiger partial charge in [0.1, 0.15) is 5.82 Å². The zero-order valence-electron chi connectivity index (χ0n) is 5.12. The van der Waals surface area contributed by atoms with Crippen LogP contribution < -0.4 is 0 Å². The van der Waals surface area contributed by atoms with Crippen LogP contribution in [0.15, 0.2) is 18.5 Å². The van der Waals surface area contributed by atoms with Crippen LogP contribution in [0.5, 0.6) is 0 Å². The van der Waals surface area contributed by atoms with Gasteiger partial charge in [-0.1, -0.05) is 0 Å². The summed E-state index contributed by atoms with van der Waals surface area (Å²) in [4.78, 5) is 8.26. The molecule has 1 aliphatic rings. The molecule has 9 heavy (non-hydrogen) atoms. The van der Waals surface area contributed by atoms with Crippen molar-refractivity contribution in [1.82, 2.24) is 9.97 Å². The highest BCUT2D eigenvalue weighted by Gasteiger charge is 2.25. The largest absolute Gasteiger partial charge is 0.241 e. The second-order valence-electron chi connectivity index (χ2n) is 2.38. The summed E-state index contributed by atoms with van der Waals surface area (Å²) in [5.74, 6) is 1.71. The third-order valence-corrected chi connectivity index (χ3v) is 1.53. The lowest BCUT2D eigenvalue weighted by Gasteiger charge is -1.90. The summed E-state index contributed by atoms with van der Waals surface area (Å²) in [6.45, 7) is 0. The van der Waals surface area contributed by atoms with Crippen molar-refractivity contribution in [3.63, 3.8) is 0 Å². The van der Waals surface area contributed by atoms with Crippen LogP contribution in [0.25, 0.3) is 0 Å². The molecule has 1 aliphatic carbocycles. The first-order valence-corrected chi connectivity index (χ1v) is 3.24. The van der Waals surface area contributed by atoms with Crippen LogP contribution >= 0.6 is 0 Å². The minimum atomic E-state index is 0.686. The molecule has 1 heterocycles. The molecule has 0 bridgehead atoms. The van der Waals surface area contributed by atoms with Crippen molar-refractivity contribution in [3.05, 3.63) is 24.3 Å². The van der Waals surface area contributed by atoms with E-state index in [0.717, 1.165) is 5.82 Å². The molecular weight excluding hydrogens is 112 g/mol. The van der Waals surface area contributed by atoms with Gasteiger partial charge in [-0.15, -0.1) is 0 Å². The molecule has 2 nitrogen and oxygen atoms in total. The standard InChI is InChI=1S/C7H8N2/c1-4-8-7(9-5-1)6-2-3-6/h1,4-6H,2-3H2. The minimum absolute atomic E-state index is 0.686. The number of hydrogen-bond acceptors (Lipinski definition) is 2. The fraction of sp³-hybridized carbons (Fsp3) is 0.429. The van der Waals surface area contributed by atoms with Gasteiger partial charge in [-0.3, -0.25) is 0 Å². The highest BCUT2D eigenvalue weighted by molar-refractivity contribution is 5.03. The SMILES string of the molecule is c1cnc(C2CC2)nc1. The van der Waals surface area contributed by atoms with Crippen molar-refractivity contribution in [3.8, 4) is 0 Å². The normalized spacial score (nSPS) is 17.8. The Morgan fingerprint density at radius 3 is 2.44 bits per heavy atom. The number of hydrogen-bond donors (Lipinski definition) is 0. The number of aromatic nitrogens is 2. The van der Waals surface area contributed by atoms with Gasteiger partial charge in [0.2, 0.25) is 0 Å². The Labute approximate surface area is 54.0 Å². The molecule has 0 amide bonds. The molecule has 2 rings (SSSR count). The quantitative estimate of drug-likeness (QED) is 0.559. The second-order valence-corrected chi connectivity index (χ2v) is 2.38. The zero-order chi connectivity index (χ0) is 6.10.